The Morgan fingerprint density at radius 1 is 1.40 bits per heavy atom. The molecule has 1 aromatic carbocycles. The van der Waals surface area contributed by atoms with Gasteiger partial charge in [-0.05, 0) is 41.1 Å². The molecule has 0 aliphatic carbocycles. The fourth-order valence-electron chi connectivity index (χ4n) is 1.48. The zero-order valence-corrected chi connectivity index (χ0v) is 12.2. The van der Waals surface area contributed by atoms with Gasteiger partial charge in [-0.3, -0.25) is 4.79 Å². The Morgan fingerprint density at radius 3 is 2.55 bits per heavy atom. The molecule has 0 fully saturated rings. The van der Waals surface area contributed by atoms with Crippen LogP contribution in [0.3, 0.4) is 0 Å². The quantitative estimate of drug-likeness (QED) is 0.647. The number of carboxylic acids is 1. The van der Waals surface area contributed by atoms with Gasteiger partial charge < -0.3 is 21.5 Å². The first kappa shape index (κ1) is 16.0. The predicted octanol–water partition coefficient (Wildman–Crippen LogP) is 1.53. The van der Waals surface area contributed by atoms with Gasteiger partial charge in [0, 0.05) is 16.9 Å². The molecule has 1 aromatic rings. The molecule has 0 aliphatic heterocycles. The minimum absolute atomic E-state index is 0.0343. The van der Waals surface area contributed by atoms with E-state index in [4.69, 9.17) is 10.8 Å². The standard InChI is InChI=1S/C12H14BrN3O4/c1-6(4-10(14)17)15-12(20)16-9-3-2-7(11(18)19)5-8(9)13/h2-3,5-6H,4H2,1H3,(H2,14,17)(H,18,19)(H2,15,16,20). The van der Waals surface area contributed by atoms with Crippen LogP contribution in [0, 0.1) is 0 Å². The maximum Gasteiger partial charge on any atom is 0.335 e. The molecule has 0 aromatic heterocycles. The maximum atomic E-state index is 11.7. The molecular weight excluding hydrogens is 330 g/mol. The Balaban J connectivity index is 2.67. The number of carboxylic acid groups (broad SMARTS) is 1. The number of rotatable bonds is 5. The van der Waals surface area contributed by atoms with Crippen LogP contribution in [-0.4, -0.2) is 29.1 Å². The van der Waals surface area contributed by atoms with E-state index < -0.39 is 23.9 Å². The van der Waals surface area contributed by atoms with Crippen molar-refractivity contribution in [3.05, 3.63) is 28.2 Å². The van der Waals surface area contributed by atoms with Gasteiger partial charge in [-0.15, -0.1) is 0 Å². The summed E-state index contributed by atoms with van der Waals surface area (Å²) in [7, 11) is 0. The van der Waals surface area contributed by atoms with E-state index in [1.165, 1.54) is 18.2 Å². The number of urea groups is 1. The number of amides is 3. The lowest BCUT2D eigenvalue weighted by atomic mass is 10.2. The minimum atomic E-state index is -1.06. The number of benzene rings is 1. The number of aromatic carboxylic acids is 1. The number of anilines is 1. The van der Waals surface area contributed by atoms with Gasteiger partial charge in [-0.25, -0.2) is 9.59 Å². The summed E-state index contributed by atoms with van der Waals surface area (Å²) in [6.07, 6.45) is 0.0343. The number of nitrogens with two attached hydrogens (primary N) is 1. The zero-order chi connectivity index (χ0) is 15.3. The van der Waals surface area contributed by atoms with Crippen LogP contribution in [0.15, 0.2) is 22.7 Å². The molecule has 20 heavy (non-hydrogen) atoms. The number of primary amides is 1. The fourth-order valence-corrected chi connectivity index (χ4v) is 1.96. The molecule has 0 saturated carbocycles. The third-order valence-corrected chi connectivity index (χ3v) is 3.01. The minimum Gasteiger partial charge on any atom is -0.478 e. The van der Waals surface area contributed by atoms with Gasteiger partial charge in [0.25, 0.3) is 0 Å². The molecule has 1 atom stereocenters. The molecule has 5 N–H and O–H groups in total. The van der Waals surface area contributed by atoms with Crippen molar-refractivity contribution in [3.63, 3.8) is 0 Å². The van der Waals surface area contributed by atoms with Crippen molar-refractivity contribution >= 4 is 39.5 Å². The largest absolute Gasteiger partial charge is 0.478 e. The van der Waals surface area contributed by atoms with Gasteiger partial charge in [0.1, 0.15) is 0 Å². The molecule has 108 valence electrons. The average molecular weight is 344 g/mol. The Bertz CT molecular complexity index is 548. The summed E-state index contributed by atoms with van der Waals surface area (Å²) in [6, 6.07) is 3.30. The second-order valence-electron chi connectivity index (χ2n) is 4.17. The summed E-state index contributed by atoms with van der Waals surface area (Å²) in [4.78, 5) is 33.1. The van der Waals surface area contributed by atoms with Crippen molar-refractivity contribution in [2.75, 3.05) is 5.32 Å². The van der Waals surface area contributed by atoms with E-state index in [0.717, 1.165) is 0 Å². The predicted molar refractivity (Wildman–Crippen MR) is 76.5 cm³/mol. The smallest absolute Gasteiger partial charge is 0.335 e. The third-order valence-electron chi connectivity index (χ3n) is 2.35. The first-order chi connectivity index (χ1) is 9.29. The van der Waals surface area contributed by atoms with Gasteiger partial charge in [0.2, 0.25) is 5.91 Å². The van der Waals surface area contributed by atoms with Crippen molar-refractivity contribution in [1.29, 1.82) is 0 Å². The van der Waals surface area contributed by atoms with Crippen LogP contribution in [0.2, 0.25) is 0 Å². The highest BCUT2D eigenvalue weighted by Gasteiger charge is 2.12. The fraction of sp³-hybridized carbons (Fsp3) is 0.250. The van der Waals surface area contributed by atoms with Crippen LogP contribution in [0.5, 0.6) is 0 Å². The first-order valence-electron chi connectivity index (χ1n) is 5.68. The van der Waals surface area contributed by atoms with Gasteiger partial charge >= 0.3 is 12.0 Å². The third kappa shape index (κ3) is 4.88. The number of carbonyl (C=O) groups excluding carboxylic acids is 2. The molecule has 1 rings (SSSR count). The second kappa shape index (κ2) is 6.90. The van der Waals surface area contributed by atoms with Crippen molar-refractivity contribution in [3.8, 4) is 0 Å². The van der Waals surface area contributed by atoms with Gasteiger partial charge in [0.05, 0.1) is 11.3 Å². The average Bonchev–Trinajstić information content (AvgIpc) is 2.30. The summed E-state index contributed by atoms with van der Waals surface area (Å²) in [5, 5.41) is 13.9. The topological polar surface area (TPSA) is 122 Å². The lowest BCUT2D eigenvalue weighted by Crippen LogP contribution is -2.38. The van der Waals surface area contributed by atoms with Crippen molar-refractivity contribution in [2.24, 2.45) is 5.73 Å². The van der Waals surface area contributed by atoms with E-state index >= 15 is 0 Å². The number of halogens is 1. The highest BCUT2D eigenvalue weighted by molar-refractivity contribution is 9.10. The van der Waals surface area contributed by atoms with Gasteiger partial charge in [0.15, 0.2) is 0 Å². The lowest BCUT2D eigenvalue weighted by Gasteiger charge is -2.14. The van der Waals surface area contributed by atoms with Crippen LogP contribution < -0.4 is 16.4 Å². The molecule has 8 heteroatoms. The maximum absolute atomic E-state index is 11.7. The van der Waals surface area contributed by atoms with Gasteiger partial charge in [-0.1, -0.05) is 0 Å². The van der Waals surface area contributed by atoms with Crippen LogP contribution in [0.1, 0.15) is 23.7 Å². The van der Waals surface area contributed by atoms with Crippen LogP contribution in [-0.2, 0) is 4.79 Å². The highest BCUT2D eigenvalue weighted by Crippen LogP contribution is 2.23. The molecule has 0 saturated heterocycles. The molecule has 0 heterocycles. The lowest BCUT2D eigenvalue weighted by molar-refractivity contribution is -0.118. The van der Waals surface area contributed by atoms with E-state index in [1.807, 2.05) is 0 Å². The van der Waals surface area contributed by atoms with Crippen molar-refractivity contribution < 1.29 is 19.5 Å². The summed E-state index contributed by atoms with van der Waals surface area (Å²) >= 11 is 3.17. The van der Waals surface area contributed by atoms with Crippen LogP contribution in [0.25, 0.3) is 0 Å². The molecular formula is C12H14BrN3O4. The zero-order valence-electron chi connectivity index (χ0n) is 10.6. The molecule has 0 aliphatic rings. The molecule has 1 unspecified atom stereocenters. The van der Waals surface area contributed by atoms with E-state index in [-0.39, 0.29) is 12.0 Å². The number of nitrogens with one attached hydrogen (secondary N) is 2. The van der Waals surface area contributed by atoms with E-state index in [9.17, 15) is 14.4 Å². The molecule has 0 bridgehead atoms. The summed E-state index contributed by atoms with van der Waals surface area (Å²) in [6.45, 7) is 1.65. The molecule has 0 spiro atoms. The molecule has 3 amide bonds. The summed E-state index contributed by atoms with van der Waals surface area (Å²) in [5.41, 5.74) is 5.53. The van der Waals surface area contributed by atoms with Gasteiger partial charge in [-0.2, -0.15) is 0 Å². The Hall–Kier alpha value is -2.09. The summed E-state index contributed by atoms with van der Waals surface area (Å²) < 4.78 is 0.440. The van der Waals surface area contributed by atoms with E-state index in [2.05, 4.69) is 26.6 Å². The monoisotopic (exact) mass is 343 g/mol. The van der Waals surface area contributed by atoms with Crippen molar-refractivity contribution in [2.45, 2.75) is 19.4 Å². The first-order valence-corrected chi connectivity index (χ1v) is 6.47. The van der Waals surface area contributed by atoms with E-state index in [1.54, 1.807) is 6.92 Å². The number of hydrogen-bond acceptors (Lipinski definition) is 3. The Morgan fingerprint density at radius 2 is 2.05 bits per heavy atom. The van der Waals surface area contributed by atoms with E-state index in [0.29, 0.717) is 10.2 Å². The summed E-state index contributed by atoms with van der Waals surface area (Å²) in [5.74, 6) is -1.57. The van der Waals surface area contributed by atoms with Crippen molar-refractivity contribution in [1.82, 2.24) is 5.32 Å². The number of carbonyl (C=O) groups is 3. The molecule has 0 radical (unpaired) electrons. The van der Waals surface area contributed by atoms with Crippen LogP contribution >= 0.6 is 15.9 Å². The second-order valence-corrected chi connectivity index (χ2v) is 5.02. The Labute approximate surface area is 123 Å². The SMILES string of the molecule is CC(CC(N)=O)NC(=O)Nc1ccc(C(=O)O)cc1Br. The van der Waals surface area contributed by atoms with Crippen LogP contribution in [0.4, 0.5) is 10.5 Å². The highest BCUT2D eigenvalue weighted by atomic mass is 79.9. The Kier molecular flexibility index (Phi) is 5.51. The molecule has 7 nitrogen and oxygen atoms in total. The number of hydrogen-bond donors (Lipinski definition) is 4. The normalized spacial score (nSPS) is 11.5.